The molecule has 0 radical (unpaired) electrons. The van der Waals surface area contributed by atoms with Gasteiger partial charge < -0.3 is 19.9 Å². The molecule has 0 spiro atoms. The molecule has 0 unspecified atom stereocenters. The van der Waals surface area contributed by atoms with Gasteiger partial charge in [-0.3, -0.25) is 4.79 Å². The lowest BCUT2D eigenvalue weighted by atomic mass is 10.0. The predicted octanol–water partition coefficient (Wildman–Crippen LogP) is 6.93. The van der Waals surface area contributed by atoms with Crippen molar-refractivity contribution >= 4 is 50.5 Å². The van der Waals surface area contributed by atoms with Crippen molar-refractivity contribution in [2.45, 2.75) is 31.6 Å². The molecule has 1 amide bonds. The van der Waals surface area contributed by atoms with E-state index in [1.807, 2.05) is 58.8 Å². The first kappa shape index (κ1) is 25.2. The third kappa shape index (κ3) is 5.16. The number of anilines is 4. The van der Waals surface area contributed by atoms with Crippen molar-refractivity contribution in [1.29, 1.82) is 0 Å². The second-order valence-corrected chi connectivity index (χ2v) is 10.6. The Morgan fingerprint density at radius 3 is 2.64 bits per heavy atom. The largest absolute Gasteiger partial charge is 0.437 e. The molecule has 200 valence electrons. The highest BCUT2D eigenvalue weighted by atomic mass is 32.1. The number of ether oxygens (including phenoxy) is 1. The summed E-state index contributed by atoms with van der Waals surface area (Å²) in [5.41, 5.74) is 4.23. The fourth-order valence-corrected chi connectivity index (χ4v) is 5.83. The molecule has 2 aromatic carbocycles. The lowest BCUT2D eigenvalue weighted by molar-refractivity contribution is -0.114. The molecule has 39 heavy (non-hydrogen) atoms. The number of piperidine rings is 1. The number of thiophene rings is 1. The molecule has 6 rings (SSSR count). The molecular formula is C29H27F2N5O2S. The predicted molar refractivity (Wildman–Crippen MR) is 151 cm³/mol. The van der Waals surface area contributed by atoms with Crippen LogP contribution in [0.3, 0.4) is 0 Å². The zero-order valence-corrected chi connectivity index (χ0v) is 22.0. The van der Waals surface area contributed by atoms with Gasteiger partial charge >= 0.3 is 0 Å². The van der Waals surface area contributed by atoms with Gasteiger partial charge in [0.1, 0.15) is 10.4 Å². The number of nitrogens with zero attached hydrogens (tertiary/aromatic N) is 4. The summed E-state index contributed by atoms with van der Waals surface area (Å²) < 4.78 is 34.3. The van der Waals surface area contributed by atoms with Crippen molar-refractivity contribution < 1.29 is 18.3 Å². The molecule has 0 aliphatic carbocycles. The highest BCUT2D eigenvalue weighted by Gasteiger charge is 2.34. The summed E-state index contributed by atoms with van der Waals surface area (Å²) in [6, 6.07) is 15.2. The Bertz CT molecular complexity index is 1530. The van der Waals surface area contributed by atoms with Crippen LogP contribution in [0.4, 0.5) is 31.8 Å². The Hall–Kier alpha value is -4.05. The van der Waals surface area contributed by atoms with E-state index < -0.39 is 5.92 Å². The van der Waals surface area contributed by atoms with Crippen molar-refractivity contribution in [2.75, 3.05) is 34.8 Å². The first-order valence-electron chi connectivity index (χ1n) is 12.9. The van der Waals surface area contributed by atoms with E-state index in [1.165, 1.54) is 17.4 Å². The molecule has 10 heteroatoms. The molecular weight excluding hydrogens is 520 g/mol. The number of carbonyl (C=O) groups is 1. The molecule has 4 aromatic rings. The third-order valence-corrected chi connectivity index (χ3v) is 8.00. The summed E-state index contributed by atoms with van der Waals surface area (Å²) in [6.45, 7) is 4.94. The van der Waals surface area contributed by atoms with E-state index in [2.05, 4.69) is 21.9 Å². The van der Waals surface area contributed by atoms with Gasteiger partial charge in [0.05, 0.1) is 11.2 Å². The van der Waals surface area contributed by atoms with Crippen LogP contribution in [-0.4, -0.2) is 41.4 Å². The zero-order chi connectivity index (χ0) is 27.0. The first-order chi connectivity index (χ1) is 18.9. The van der Waals surface area contributed by atoms with Crippen LogP contribution in [0.1, 0.15) is 24.8 Å². The van der Waals surface area contributed by atoms with Gasteiger partial charge in [-0.25, -0.2) is 13.8 Å². The third-order valence-electron chi connectivity index (χ3n) is 7.11. The van der Waals surface area contributed by atoms with E-state index in [4.69, 9.17) is 4.74 Å². The van der Waals surface area contributed by atoms with Crippen molar-refractivity contribution in [1.82, 2.24) is 9.97 Å². The summed E-state index contributed by atoms with van der Waals surface area (Å²) in [6.07, 6.45) is 2.69. The first-order valence-corrected chi connectivity index (χ1v) is 13.8. The molecule has 1 fully saturated rings. The molecule has 0 saturated carbocycles. The van der Waals surface area contributed by atoms with Crippen molar-refractivity contribution in [3.63, 3.8) is 0 Å². The van der Waals surface area contributed by atoms with Crippen LogP contribution in [0.5, 0.6) is 11.6 Å². The Balaban J connectivity index is 1.25. The number of nitrogens with one attached hydrogen (secondary N) is 1. The van der Waals surface area contributed by atoms with Crippen LogP contribution >= 0.6 is 11.3 Å². The number of hydrogen-bond acceptors (Lipinski definition) is 7. The monoisotopic (exact) mass is 547 g/mol. The topological polar surface area (TPSA) is 70.6 Å². The van der Waals surface area contributed by atoms with Crippen LogP contribution in [0.25, 0.3) is 10.2 Å². The number of benzene rings is 2. The molecule has 1 N–H and O–H groups in total. The number of alkyl halides is 2. The minimum Gasteiger partial charge on any atom is -0.437 e. The maximum atomic E-state index is 13.5. The SMILES string of the molecule is C=CC(=O)N1CCCc2c(Oc3nc(Nc4ccc(N5CCC(F)(F)CC5)cc4)nc4ccsc34)cccc21. The van der Waals surface area contributed by atoms with Gasteiger partial charge in [-0.1, -0.05) is 12.6 Å². The molecule has 2 aliphatic heterocycles. The standard InChI is InChI=1S/C29H27F2N5O2S/c1-2-25(37)36-15-4-5-21-23(36)6-3-7-24(21)38-27-26-22(12-18-39-26)33-28(34-27)32-19-8-10-20(11-9-19)35-16-13-29(30,31)14-17-35/h2-3,6-12,18H,1,4-5,13-17H2,(H,32,33,34). The van der Waals surface area contributed by atoms with Crippen LogP contribution in [0.15, 0.2) is 66.6 Å². The molecule has 4 heterocycles. The molecule has 0 bridgehead atoms. The molecule has 0 atom stereocenters. The normalized spacial score (nSPS) is 16.6. The average Bonchev–Trinajstić information content (AvgIpc) is 3.42. The molecule has 2 aromatic heterocycles. The fourth-order valence-electron chi connectivity index (χ4n) is 5.07. The Morgan fingerprint density at radius 1 is 1.08 bits per heavy atom. The average molecular weight is 548 g/mol. The minimum atomic E-state index is -2.57. The minimum absolute atomic E-state index is 0.127. The summed E-state index contributed by atoms with van der Waals surface area (Å²) in [5, 5.41) is 5.19. The number of halogens is 2. The lowest BCUT2D eigenvalue weighted by Gasteiger charge is -2.33. The summed E-state index contributed by atoms with van der Waals surface area (Å²) >= 11 is 1.50. The van der Waals surface area contributed by atoms with E-state index in [-0.39, 0.29) is 18.7 Å². The number of carbonyl (C=O) groups excluding carboxylic acids is 1. The summed E-state index contributed by atoms with van der Waals surface area (Å²) in [4.78, 5) is 25.4. The molecule has 1 saturated heterocycles. The fraction of sp³-hybridized carbons (Fsp3) is 0.276. The van der Waals surface area contributed by atoms with Crippen LogP contribution in [-0.2, 0) is 11.2 Å². The Morgan fingerprint density at radius 2 is 1.87 bits per heavy atom. The van der Waals surface area contributed by atoms with Crippen molar-refractivity contribution in [3.05, 3.63) is 72.1 Å². The summed E-state index contributed by atoms with van der Waals surface area (Å²) in [5.74, 6) is -1.23. The van der Waals surface area contributed by atoms with E-state index in [0.29, 0.717) is 37.2 Å². The second kappa shape index (κ2) is 10.3. The maximum absolute atomic E-state index is 13.5. The maximum Gasteiger partial charge on any atom is 0.251 e. The quantitative estimate of drug-likeness (QED) is 0.264. The zero-order valence-electron chi connectivity index (χ0n) is 21.2. The van der Waals surface area contributed by atoms with Crippen LogP contribution in [0, 0.1) is 0 Å². The van der Waals surface area contributed by atoms with E-state index in [9.17, 15) is 13.6 Å². The van der Waals surface area contributed by atoms with Gasteiger partial charge in [0, 0.05) is 49.4 Å². The molecule has 7 nitrogen and oxygen atoms in total. The summed E-state index contributed by atoms with van der Waals surface area (Å²) in [7, 11) is 0. The van der Waals surface area contributed by atoms with E-state index >= 15 is 0 Å². The number of aromatic nitrogens is 2. The van der Waals surface area contributed by atoms with Gasteiger partial charge in [-0.2, -0.15) is 4.98 Å². The van der Waals surface area contributed by atoms with Crippen molar-refractivity contribution in [3.8, 4) is 11.6 Å². The van der Waals surface area contributed by atoms with Gasteiger partial charge in [-0.05, 0) is 66.8 Å². The van der Waals surface area contributed by atoms with Gasteiger partial charge in [0.15, 0.2) is 0 Å². The van der Waals surface area contributed by atoms with Gasteiger partial charge in [-0.15, -0.1) is 11.3 Å². The highest BCUT2D eigenvalue weighted by Crippen LogP contribution is 2.39. The number of rotatable bonds is 6. The Labute approximate surface area is 228 Å². The number of fused-ring (bicyclic) bond motifs is 2. The van der Waals surface area contributed by atoms with E-state index in [0.717, 1.165) is 45.7 Å². The van der Waals surface area contributed by atoms with Gasteiger partial charge in [0.25, 0.3) is 5.92 Å². The number of amides is 1. The smallest absolute Gasteiger partial charge is 0.251 e. The van der Waals surface area contributed by atoms with E-state index in [1.54, 1.807) is 4.90 Å². The van der Waals surface area contributed by atoms with Gasteiger partial charge in [0.2, 0.25) is 17.7 Å². The second-order valence-electron chi connectivity index (χ2n) is 9.66. The molecule has 2 aliphatic rings. The number of hydrogen-bond donors (Lipinski definition) is 1. The van der Waals surface area contributed by atoms with Crippen LogP contribution in [0.2, 0.25) is 0 Å². The van der Waals surface area contributed by atoms with Crippen LogP contribution < -0.4 is 19.9 Å². The highest BCUT2D eigenvalue weighted by molar-refractivity contribution is 7.17. The lowest BCUT2D eigenvalue weighted by Crippen LogP contribution is -2.39. The van der Waals surface area contributed by atoms with Crippen molar-refractivity contribution in [2.24, 2.45) is 0 Å². The Kier molecular flexibility index (Phi) is 6.64.